The molecule has 1 N–H and O–H groups in total. The quantitative estimate of drug-likeness (QED) is 0.871. The maximum Gasteiger partial charge on any atom is 0.314 e. The standard InChI is InChI=1S/C16H22O2/c1-2-16(15(17)18,13-9-5-3-6-10-13)14-11-7-4-8-12-14/h3,5-6,9-10,14H,2,4,7-8,11-12H2,1H3,(H,17,18). The van der Waals surface area contributed by atoms with Crippen molar-refractivity contribution in [3.63, 3.8) is 0 Å². The van der Waals surface area contributed by atoms with Crippen molar-refractivity contribution >= 4 is 5.97 Å². The Bertz CT molecular complexity index is 393. The molecule has 1 aromatic carbocycles. The van der Waals surface area contributed by atoms with Gasteiger partial charge in [-0.1, -0.05) is 56.5 Å². The minimum atomic E-state index is -0.679. The molecule has 18 heavy (non-hydrogen) atoms. The molecule has 1 aromatic rings. The van der Waals surface area contributed by atoms with Crippen LogP contribution < -0.4 is 0 Å². The van der Waals surface area contributed by atoms with Gasteiger partial charge in [-0.05, 0) is 30.7 Å². The van der Waals surface area contributed by atoms with Crippen molar-refractivity contribution in [2.45, 2.75) is 50.9 Å². The van der Waals surface area contributed by atoms with Crippen LogP contribution in [0.1, 0.15) is 51.0 Å². The third-order valence-electron chi connectivity index (χ3n) is 4.53. The van der Waals surface area contributed by atoms with Crippen molar-refractivity contribution in [1.29, 1.82) is 0 Å². The van der Waals surface area contributed by atoms with Gasteiger partial charge >= 0.3 is 5.97 Å². The highest BCUT2D eigenvalue weighted by atomic mass is 16.4. The van der Waals surface area contributed by atoms with Gasteiger partial charge in [0, 0.05) is 0 Å². The number of carboxylic acids is 1. The first-order valence-corrected chi connectivity index (χ1v) is 7.00. The van der Waals surface area contributed by atoms with E-state index in [1.165, 1.54) is 19.3 Å². The van der Waals surface area contributed by atoms with Crippen LogP contribution in [0.4, 0.5) is 0 Å². The molecular formula is C16H22O2. The minimum Gasteiger partial charge on any atom is -0.481 e. The molecule has 1 fully saturated rings. The summed E-state index contributed by atoms with van der Waals surface area (Å²) in [6.07, 6.45) is 6.38. The Labute approximate surface area is 109 Å². The van der Waals surface area contributed by atoms with Gasteiger partial charge in [-0.3, -0.25) is 4.79 Å². The summed E-state index contributed by atoms with van der Waals surface area (Å²) >= 11 is 0. The number of benzene rings is 1. The van der Waals surface area contributed by atoms with Crippen LogP contribution in [0.25, 0.3) is 0 Å². The van der Waals surface area contributed by atoms with Gasteiger partial charge in [-0.2, -0.15) is 0 Å². The fourth-order valence-corrected chi connectivity index (χ4v) is 3.51. The van der Waals surface area contributed by atoms with Crippen LogP contribution in [0.5, 0.6) is 0 Å². The van der Waals surface area contributed by atoms with Crippen LogP contribution in [0.3, 0.4) is 0 Å². The lowest BCUT2D eigenvalue weighted by Crippen LogP contribution is -2.43. The molecule has 1 saturated carbocycles. The maximum atomic E-state index is 12.0. The molecule has 0 aromatic heterocycles. The summed E-state index contributed by atoms with van der Waals surface area (Å²) in [6.45, 7) is 2.01. The number of rotatable bonds is 4. The van der Waals surface area contributed by atoms with Crippen molar-refractivity contribution < 1.29 is 9.90 Å². The molecule has 0 saturated heterocycles. The number of carboxylic acid groups (broad SMARTS) is 1. The molecule has 1 aliphatic rings. The van der Waals surface area contributed by atoms with E-state index in [9.17, 15) is 9.90 Å². The van der Waals surface area contributed by atoms with Crippen LogP contribution in [0.15, 0.2) is 30.3 Å². The molecule has 2 heteroatoms. The van der Waals surface area contributed by atoms with E-state index in [4.69, 9.17) is 0 Å². The average molecular weight is 246 g/mol. The summed E-state index contributed by atoms with van der Waals surface area (Å²) in [5.74, 6) is -0.362. The molecule has 2 nitrogen and oxygen atoms in total. The third-order valence-corrected chi connectivity index (χ3v) is 4.53. The molecule has 98 valence electrons. The Balaban J connectivity index is 2.42. The van der Waals surface area contributed by atoms with Crippen molar-refractivity contribution in [3.8, 4) is 0 Å². The largest absolute Gasteiger partial charge is 0.481 e. The van der Waals surface area contributed by atoms with Gasteiger partial charge < -0.3 is 5.11 Å². The van der Waals surface area contributed by atoms with E-state index in [2.05, 4.69) is 0 Å². The minimum absolute atomic E-state index is 0.288. The van der Waals surface area contributed by atoms with Crippen molar-refractivity contribution in [2.24, 2.45) is 5.92 Å². The Kier molecular flexibility index (Phi) is 4.05. The summed E-state index contributed by atoms with van der Waals surface area (Å²) < 4.78 is 0. The molecule has 0 spiro atoms. The smallest absolute Gasteiger partial charge is 0.314 e. The molecule has 0 heterocycles. The Hall–Kier alpha value is -1.31. The summed E-state index contributed by atoms with van der Waals surface area (Å²) in [4.78, 5) is 12.0. The Morgan fingerprint density at radius 3 is 2.33 bits per heavy atom. The first kappa shape index (κ1) is 13.1. The molecule has 1 atom stereocenters. The molecule has 0 amide bonds. The normalized spacial score (nSPS) is 20.3. The highest BCUT2D eigenvalue weighted by Gasteiger charge is 2.45. The molecule has 0 radical (unpaired) electrons. The summed E-state index contributed by atoms with van der Waals surface area (Å²) in [5, 5.41) is 9.83. The fraction of sp³-hybridized carbons (Fsp3) is 0.562. The topological polar surface area (TPSA) is 37.3 Å². The van der Waals surface area contributed by atoms with Gasteiger partial charge in [0.1, 0.15) is 0 Å². The first-order chi connectivity index (χ1) is 8.71. The predicted octanol–water partition coefficient (Wildman–Crippen LogP) is 4.00. The van der Waals surface area contributed by atoms with E-state index in [-0.39, 0.29) is 5.92 Å². The molecular weight excluding hydrogens is 224 g/mol. The second kappa shape index (κ2) is 5.55. The van der Waals surface area contributed by atoms with Crippen LogP contribution in [0.2, 0.25) is 0 Å². The van der Waals surface area contributed by atoms with Gasteiger partial charge in [-0.15, -0.1) is 0 Å². The highest BCUT2D eigenvalue weighted by Crippen LogP contribution is 2.43. The van der Waals surface area contributed by atoms with E-state index >= 15 is 0 Å². The molecule has 2 rings (SSSR count). The summed E-state index contributed by atoms with van der Waals surface area (Å²) in [6, 6.07) is 9.81. The lowest BCUT2D eigenvalue weighted by molar-refractivity contribution is -0.147. The number of hydrogen-bond donors (Lipinski definition) is 1. The Morgan fingerprint density at radius 2 is 1.83 bits per heavy atom. The summed E-state index contributed by atoms with van der Waals surface area (Å²) in [7, 11) is 0. The molecule has 0 bridgehead atoms. The predicted molar refractivity (Wildman–Crippen MR) is 72.6 cm³/mol. The van der Waals surface area contributed by atoms with E-state index in [0.717, 1.165) is 18.4 Å². The third kappa shape index (κ3) is 2.16. The van der Waals surface area contributed by atoms with Crippen LogP contribution in [0, 0.1) is 5.92 Å². The van der Waals surface area contributed by atoms with Gasteiger partial charge in [0.25, 0.3) is 0 Å². The number of carbonyl (C=O) groups is 1. The van der Waals surface area contributed by atoms with Crippen molar-refractivity contribution in [3.05, 3.63) is 35.9 Å². The van der Waals surface area contributed by atoms with E-state index in [0.29, 0.717) is 6.42 Å². The molecule has 1 aliphatic carbocycles. The van der Waals surface area contributed by atoms with Crippen LogP contribution in [-0.2, 0) is 10.2 Å². The van der Waals surface area contributed by atoms with Gasteiger partial charge in [0.15, 0.2) is 0 Å². The van der Waals surface area contributed by atoms with Crippen LogP contribution in [-0.4, -0.2) is 11.1 Å². The lowest BCUT2D eigenvalue weighted by atomic mass is 9.63. The zero-order chi connectivity index (χ0) is 13.0. The SMILES string of the molecule is CCC(C(=O)O)(c1ccccc1)C1CCCCC1. The maximum absolute atomic E-state index is 12.0. The van der Waals surface area contributed by atoms with Gasteiger partial charge in [0.2, 0.25) is 0 Å². The van der Waals surface area contributed by atoms with Gasteiger partial charge in [0.05, 0.1) is 5.41 Å². The van der Waals surface area contributed by atoms with E-state index < -0.39 is 11.4 Å². The summed E-state index contributed by atoms with van der Waals surface area (Å²) in [5.41, 5.74) is 0.300. The fourth-order valence-electron chi connectivity index (χ4n) is 3.51. The molecule has 1 unspecified atom stereocenters. The second-order valence-electron chi connectivity index (χ2n) is 5.33. The van der Waals surface area contributed by atoms with Gasteiger partial charge in [-0.25, -0.2) is 0 Å². The zero-order valence-electron chi connectivity index (χ0n) is 11.1. The lowest BCUT2D eigenvalue weighted by Gasteiger charge is -2.39. The monoisotopic (exact) mass is 246 g/mol. The zero-order valence-corrected chi connectivity index (χ0v) is 11.1. The Morgan fingerprint density at radius 1 is 1.22 bits per heavy atom. The first-order valence-electron chi connectivity index (χ1n) is 7.00. The number of hydrogen-bond acceptors (Lipinski definition) is 1. The average Bonchev–Trinajstić information content (AvgIpc) is 2.42. The van der Waals surface area contributed by atoms with Crippen LogP contribution >= 0.6 is 0 Å². The highest BCUT2D eigenvalue weighted by molar-refractivity contribution is 5.81. The van der Waals surface area contributed by atoms with E-state index in [1.54, 1.807) is 0 Å². The van der Waals surface area contributed by atoms with Crippen molar-refractivity contribution in [1.82, 2.24) is 0 Å². The number of aliphatic carboxylic acids is 1. The van der Waals surface area contributed by atoms with E-state index in [1.807, 2.05) is 37.3 Å². The van der Waals surface area contributed by atoms with Crippen molar-refractivity contribution in [2.75, 3.05) is 0 Å². The second-order valence-corrected chi connectivity index (χ2v) is 5.33. The molecule has 0 aliphatic heterocycles.